The van der Waals surface area contributed by atoms with E-state index in [-0.39, 0.29) is 17.8 Å². The molecule has 2 aliphatic heterocycles. The summed E-state index contributed by atoms with van der Waals surface area (Å²) >= 11 is 0. The van der Waals surface area contributed by atoms with Gasteiger partial charge >= 0.3 is 0 Å². The molecular weight excluding hydrogens is 180 g/mol. The van der Waals surface area contributed by atoms with Gasteiger partial charge in [-0.2, -0.15) is 0 Å². The van der Waals surface area contributed by atoms with E-state index in [1.807, 2.05) is 0 Å². The average Bonchev–Trinajstić information content (AvgIpc) is 2.67. The maximum Gasteiger partial charge on any atom is 0.110 e. The third-order valence-corrected chi connectivity index (χ3v) is 3.08. The predicted molar refractivity (Wildman–Crippen MR) is 53.3 cm³/mol. The molecule has 0 aromatic carbocycles. The van der Waals surface area contributed by atoms with Gasteiger partial charge in [-0.1, -0.05) is 6.08 Å². The van der Waals surface area contributed by atoms with Crippen LogP contribution in [0.25, 0.3) is 0 Å². The van der Waals surface area contributed by atoms with Crippen molar-refractivity contribution in [3.05, 3.63) is 12.7 Å². The van der Waals surface area contributed by atoms with Gasteiger partial charge in [0.25, 0.3) is 0 Å². The molecule has 3 atom stereocenters. The summed E-state index contributed by atoms with van der Waals surface area (Å²) in [5, 5.41) is 0. The largest absolute Gasteiger partial charge is 0.376 e. The fourth-order valence-electron chi connectivity index (χ4n) is 2.08. The van der Waals surface area contributed by atoms with Gasteiger partial charge in [-0.25, -0.2) is 0 Å². The van der Waals surface area contributed by atoms with Crippen LogP contribution in [-0.2, 0) is 14.2 Å². The summed E-state index contributed by atoms with van der Waals surface area (Å²) in [6.07, 6.45) is 4.06. The minimum Gasteiger partial charge on any atom is -0.376 e. The van der Waals surface area contributed by atoms with Crippen molar-refractivity contribution in [1.29, 1.82) is 0 Å². The second-order valence-electron chi connectivity index (χ2n) is 4.20. The summed E-state index contributed by atoms with van der Waals surface area (Å²) in [5.41, 5.74) is -0.151. The van der Waals surface area contributed by atoms with Crippen molar-refractivity contribution >= 4 is 0 Å². The Balaban J connectivity index is 1.99. The van der Waals surface area contributed by atoms with Crippen LogP contribution in [0.5, 0.6) is 0 Å². The van der Waals surface area contributed by atoms with Crippen LogP contribution in [0.15, 0.2) is 12.7 Å². The van der Waals surface area contributed by atoms with Crippen LogP contribution in [0, 0.1) is 0 Å². The summed E-state index contributed by atoms with van der Waals surface area (Å²) in [5.74, 6) is 0. The van der Waals surface area contributed by atoms with Gasteiger partial charge in [0.2, 0.25) is 0 Å². The van der Waals surface area contributed by atoms with E-state index in [1.165, 1.54) is 0 Å². The topological polar surface area (TPSA) is 27.7 Å². The molecule has 0 spiro atoms. The smallest absolute Gasteiger partial charge is 0.110 e. The second-order valence-corrected chi connectivity index (χ2v) is 4.20. The standard InChI is InChI=1S/C11H18O3/c1-3-9-7-12-8-10(14-9)11(2)5-4-6-13-11/h3,9-10H,1,4-8H2,2H3/t9?,10-,11+/m1/s1. The summed E-state index contributed by atoms with van der Waals surface area (Å²) in [6, 6.07) is 0. The first-order valence-electron chi connectivity index (χ1n) is 5.24. The molecule has 0 bridgehead atoms. The first kappa shape index (κ1) is 10.1. The average molecular weight is 198 g/mol. The van der Waals surface area contributed by atoms with Crippen LogP contribution >= 0.6 is 0 Å². The Bertz CT molecular complexity index is 209. The molecule has 3 nitrogen and oxygen atoms in total. The van der Waals surface area contributed by atoms with Crippen LogP contribution in [0.2, 0.25) is 0 Å². The Morgan fingerprint density at radius 2 is 2.29 bits per heavy atom. The summed E-state index contributed by atoms with van der Waals surface area (Å²) in [4.78, 5) is 0. The Morgan fingerprint density at radius 1 is 1.43 bits per heavy atom. The van der Waals surface area contributed by atoms with Crippen molar-refractivity contribution in [3.8, 4) is 0 Å². The van der Waals surface area contributed by atoms with Gasteiger partial charge in [-0.05, 0) is 19.8 Å². The van der Waals surface area contributed by atoms with E-state index in [9.17, 15) is 0 Å². The Hall–Kier alpha value is -0.380. The third kappa shape index (κ3) is 1.85. The number of rotatable bonds is 2. The van der Waals surface area contributed by atoms with E-state index < -0.39 is 0 Å². The van der Waals surface area contributed by atoms with Gasteiger partial charge in [0, 0.05) is 6.61 Å². The molecule has 80 valence electrons. The highest BCUT2D eigenvalue weighted by Crippen LogP contribution is 2.32. The van der Waals surface area contributed by atoms with E-state index in [0.29, 0.717) is 13.2 Å². The highest BCUT2D eigenvalue weighted by Gasteiger charge is 2.41. The highest BCUT2D eigenvalue weighted by atomic mass is 16.6. The monoisotopic (exact) mass is 198 g/mol. The molecule has 2 heterocycles. The molecule has 3 heteroatoms. The quantitative estimate of drug-likeness (QED) is 0.630. The molecule has 2 saturated heterocycles. The van der Waals surface area contributed by atoms with E-state index in [0.717, 1.165) is 19.4 Å². The van der Waals surface area contributed by atoms with Gasteiger partial charge in [0.1, 0.15) is 6.10 Å². The number of ether oxygens (including phenoxy) is 3. The van der Waals surface area contributed by atoms with Crippen molar-refractivity contribution in [2.45, 2.75) is 37.6 Å². The fraction of sp³-hybridized carbons (Fsp3) is 0.818. The molecule has 0 saturated carbocycles. The molecule has 0 aromatic heterocycles. The van der Waals surface area contributed by atoms with E-state index in [2.05, 4.69) is 13.5 Å². The van der Waals surface area contributed by atoms with E-state index in [4.69, 9.17) is 14.2 Å². The lowest BCUT2D eigenvalue weighted by Crippen LogP contribution is -2.49. The van der Waals surface area contributed by atoms with Crippen molar-refractivity contribution in [2.24, 2.45) is 0 Å². The molecule has 0 amide bonds. The Labute approximate surface area is 85.0 Å². The maximum absolute atomic E-state index is 5.85. The lowest BCUT2D eigenvalue weighted by molar-refractivity contribution is -0.192. The lowest BCUT2D eigenvalue weighted by atomic mass is 9.95. The number of hydrogen-bond acceptors (Lipinski definition) is 3. The molecule has 2 aliphatic rings. The highest BCUT2D eigenvalue weighted by molar-refractivity contribution is 4.93. The molecule has 0 radical (unpaired) electrons. The lowest BCUT2D eigenvalue weighted by Gasteiger charge is -2.38. The first-order chi connectivity index (χ1) is 6.74. The molecule has 14 heavy (non-hydrogen) atoms. The normalized spacial score (nSPS) is 43.8. The van der Waals surface area contributed by atoms with Crippen LogP contribution in [0.4, 0.5) is 0 Å². The fourth-order valence-corrected chi connectivity index (χ4v) is 2.08. The SMILES string of the molecule is C=CC1COC[C@H]([C@]2(C)CCCO2)O1. The summed E-state index contributed by atoms with van der Waals surface area (Å²) in [6.45, 7) is 7.94. The molecule has 1 unspecified atom stereocenters. The number of hydrogen-bond donors (Lipinski definition) is 0. The van der Waals surface area contributed by atoms with Crippen molar-refractivity contribution in [2.75, 3.05) is 19.8 Å². The first-order valence-corrected chi connectivity index (χ1v) is 5.24. The molecular formula is C11H18O3. The second kappa shape index (κ2) is 4.01. The van der Waals surface area contributed by atoms with Crippen LogP contribution in [0.3, 0.4) is 0 Å². The van der Waals surface area contributed by atoms with E-state index in [1.54, 1.807) is 6.08 Å². The molecule has 0 aliphatic carbocycles. The van der Waals surface area contributed by atoms with Crippen molar-refractivity contribution < 1.29 is 14.2 Å². The van der Waals surface area contributed by atoms with Crippen LogP contribution in [-0.4, -0.2) is 37.6 Å². The summed E-state index contributed by atoms with van der Waals surface area (Å²) < 4.78 is 17.1. The Morgan fingerprint density at radius 3 is 2.93 bits per heavy atom. The molecule has 0 aromatic rings. The van der Waals surface area contributed by atoms with Gasteiger partial charge in [-0.15, -0.1) is 6.58 Å². The molecule has 0 N–H and O–H groups in total. The van der Waals surface area contributed by atoms with E-state index >= 15 is 0 Å². The molecule has 2 rings (SSSR count). The van der Waals surface area contributed by atoms with Crippen LogP contribution < -0.4 is 0 Å². The Kier molecular flexibility index (Phi) is 2.91. The zero-order chi connectivity index (χ0) is 10.0. The molecule has 2 fully saturated rings. The van der Waals surface area contributed by atoms with Gasteiger partial charge in [-0.3, -0.25) is 0 Å². The summed E-state index contributed by atoms with van der Waals surface area (Å²) in [7, 11) is 0. The van der Waals surface area contributed by atoms with Crippen LogP contribution in [0.1, 0.15) is 19.8 Å². The van der Waals surface area contributed by atoms with Gasteiger partial charge < -0.3 is 14.2 Å². The maximum atomic E-state index is 5.85. The zero-order valence-corrected chi connectivity index (χ0v) is 8.70. The minimum absolute atomic E-state index is 0.0229. The van der Waals surface area contributed by atoms with Gasteiger partial charge in [0.15, 0.2) is 0 Å². The zero-order valence-electron chi connectivity index (χ0n) is 8.70. The third-order valence-electron chi connectivity index (χ3n) is 3.08. The van der Waals surface area contributed by atoms with Crippen molar-refractivity contribution in [1.82, 2.24) is 0 Å². The minimum atomic E-state index is -0.151. The van der Waals surface area contributed by atoms with Gasteiger partial charge in [0.05, 0.1) is 24.9 Å². The van der Waals surface area contributed by atoms with Crippen molar-refractivity contribution in [3.63, 3.8) is 0 Å². The predicted octanol–water partition coefficient (Wildman–Crippen LogP) is 1.53.